The Morgan fingerprint density at radius 2 is 2.13 bits per heavy atom. The van der Waals surface area contributed by atoms with Crippen LogP contribution in [0, 0.1) is 6.92 Å². The van der Waals surface area contributed by atoms with Gasteiger partial charge in [-0.2, -0.15) is 0 Å². The first kappa shape index (κ1) is 15.9. The molecule has 1 N–H and O–H groups in total. The first-order valence-electron chi connectivity index (χ1n) is 7.16. The highest BCUT2D eigenvalue weighted by Gasteiger charge is 2.14. The second kappa shape index (κ2) is 6.25. The average molecular weight is 350 g/mol. The van der Waals surface area contributed by atoms with Gasteiger partial charge in [0.1, 0.15) is 16.5 Å². The van der Waals surface area contributed by atoms with E-state index in [1.807, 2.05) is 43.6 Å². The van der Waals surface area contributed by atoms with Crippen molar-refractivity contribution in [2.75, 3.05) is 25.5 Å². The third-order valence-corrected chi connectivity index (χ3v) is 5.83. The number of rotatable bonds is 5. The zero-order valence-electron chi connectivity index (χ0n) is 13.5. The van der Waals surface area contributed by atoms with Gasteiger partial charge in [-0.1, -0.05) is 11.3 Å². The Bertz CT molecular complexity index is 815. The molecule has 3 aromatic heterocycles. The third-order valence-electron chi connectivity index (χ3n) is 3.50. The van der Waals surface area contributed by atoms with E-state index in [4.69, 9.17) is 0 Å². The van der Waals surface area contributed by atoms with Crippen LogP contribution >= 0.6 is 22.7 Å². The first-order chi connectivity index (χ1) is 11.0. The van der Waals surface area contributed by atoms with E-state index in [0.29, 0.717) is 17.8 Å². The number of hydrogen-bond acceptors (Lipinski definition) is 7. The van der Waals surface area contributed by atoms with Gasteiger partial charge in [0.15, 0.2) is 5.13 Å². The summed E-state index contributed by atoms with van der Waals surface area (Å²) in [4.78, 5) is 20.3. The van der Waals surface area contributed by atoms with E-state index in [0.717, 1.165) is 26.3 Å². The predicted octanol–water partition coefficient (Wildman–Crippen LogP) is 1.83. The molecule has 1 amide bonds. The molecule has 0 aromatic carbocycles. The van der Waals surface area contributed by atoms with Gasteiger partial charge in [0.25, 0.3) is 5.91 Å². The highest BCUT2D eigenvalue weighted by Crippen LogP contribution is 2.33. The Hall–Kier alpha value is -2.00. The fraction of sp³-hybridized carbons (Fsp3) is 0.429. The first-order valence-corrected chi connectivity index (χ1v) is 8.79. The largest absolute Gasteiger partial charge is 0.354 e. The molecule has 0 unspecified atom stereocenters. The molecule has 0 atom stereocenters. The monoisotopic (exact) mass is 350 g/mol. The van der Waals surface area contributed by atoms with Crippen LogP contribution in [0.15, 0.2) is 6.07 Å². The summed E-state index contributed by atoms with van der Waals surface area (Å²) in [5, 5.41) is 12.0. The summed E-state index contributed by atoms with van der Waals surface area (Å²) in [6.45, 7) is 2.44. The SMILES string of the molecule is Cc1nnc(CCNC(=O)c2cc3sc(N(C)C)nc3s2)n1C. The zero-order chi connectivity index (χ0) is 16.6. The lowest BCUT2D eigenvalue weighted by atomic mass is 10.3. The molecule has 0 spiro atoms. The van der Waals surface area contributed by atoms with Crippen molar-refractivity contribution in [3.8, 4) is 0 Å². The molecule has 122 valence electrons. The molecule has 0 aliphatic carbocycles. The van der Waals surface area contributed by atoms with Crippen molar-refractivity contribution in [3.05, 3.63) is 22.6 Å². The molecule has 0 fully saturated rings. The van der Waals surface area contributed by atoms with Crippen molar-refractivity contribution in [1.82, 2.24) is 25.1 Å². The lowest BCUT2D eigenvalue weighted by Crippen LogP contribution is -2.25. The van der Waals surface area contributed by atoms with E-state index < -0.39 is 0 Å². The fourth-order valence-electron chi connectivity index (χ4n) is 2.07. The molecular formula is C14H18N6OS2. The summed E-state index contributed by atoms with van der Waals surface area (Å²) < 4.78 is 2.98. The maximum Gasteiger partial charge on any atom is 0.261 e. The lowest BCUT2D eigenvalue weighted by Gasteiger charge is -2.05. The summed E-state index contributed by atoms with van der Waals surface area (Å²) in [6.07, 6.45) is 0.659. The molecule has 23 heavy (non-hydrogen) atoms. The number of anilines is 1. The van der Waals surface area contributed by atoms with E-state index in [9.17, 15) is 4.79 Å². The van der Waals surface area contributed by atoms with Crippen molar-refractivity contribution >= 4 is 43.2 Å². The number of thiazole rings is 1. The normalized spacial score (nSPS) is 11.1. The number of amides is 1. The van der Waals surface area contributed by atoms with Crippen LogP contribution in [0.2, 0.25) is 0 Å². The minimum Gasteiger partial charge on any atom is -0.354 e. The Kier molecular flexibility index (Phi) is 4.31. The number of hydrogen-bond donors (Lipinski definition) is 1. The molecule has 3 rings (SSSR count). The Balaban J connectivity index is 1.62. The van der Waals surface area contributed by atoms with Gasteiger partial charge in [-0.15, -0.1) is 21.5 Å². The average Bonchev–Trinajstić information content (AvgIpc) is 3.15. The smallest absolute Gasteiger partial charge is 0.261 e. The van der Waals surface area contributed by atoms with E-state index in [-0.39, 0.29) is 5.91 Å². The maximum atomic E-state index is 12.2. The van der Waals surface area contributed by atoms with Crippen LogP contribution in [-0.4, -0.2) is 46.3 Å². The molecule has 3 aromatic rings. The zero-order valence-corrected chi connectivity index (χ0v) is 15.1. The number of fused-ring (bicyclic) bond motifs is 1. The van der Waals surface area contributed by atoms with Crippen molar-refractivity contribution < 1.29 is 4.79 Å². The Morgan fingerprint density at radius 3 is 2.74 bits per heavy atom. The van der Waals surface area contributed by atoms with Crippen molar-refractivity contribution in [2.45, 2.75) is 13.3 Å². The number of nitrogens with one attached hydrogen (secondary N) is 1. The van der Waals surface area contributed by atoms with Gasteiger partial charge in [-0.3, -0.25) is 4.79 Å². The summed E-state index contributed by atoms with van der Waals surface area (Å²) in [5.74, 6) is 1.67. The molecular weight excluding hydrogens is 332 g/mol. The van der Waals surface area contributed by atoms with Gasteiger partial charge >= 0.3 is 0 Å². The number of aromatic nitrogens is 4. The van der Waals surface area contributed by atoms with Gasteiger partial charge in [-0.25, -0.2) is 4.98 Å². The van der Waals surface area contributed by atoms with Crippen LogP contribution < -0.4 is 10.2 Å². The molecule has 0 saturated carbocycles. The van der Waals surface area contributed by atoms with Crippen molar-refractivity contribution in [1.29, 1.82) is 0 Å². The van der Waals surface area contributed by atoms with Crippen LogP contribution in [0.5, 0.6) is 0 Å². The van der Waals surface area contributed by atoms with E-state index in [1.54, 1.807) is 11.3 Å². The summed E-state index contributed by atoms with van der Waals surface area (Å²) in [6, 6.07) is 1.91. The van der Waals surface area contributed by atoms with Gasteiger partial charge in [0, 0.05) is 34.1 Å². The molecule has 0 saturated heterocycles. The summed E-state index contributed by atoms with van der Waals surface area (Å²) in [7, 11) is 5.85. The number of aryl methyl sites for hydroxylation is 1. The van der Waals surface area contributed by atoms with Gasteiger partial charge in [0.05, 0.1) is 9.58 Å². The number of thiophene rings is 1. The van der Waals surface area contributed by atoms with Crippen LogP contribution in [-0.2, 0) is 13.5 Å². The van der Waals surface area contributed by atoms with Gasteiger partial charge in [0.2, 0.25) is 0 Å². The molecule has 0 aliphatic heterocycles. The van der Waals surface area contributed by atoms with Crippen molar-refractivity contribution in [3.63, 3.8) is 0 Å². The molecule has 9 heteroatoms. The number of nitrogens with zero attached hydrogens (tertiary/aromatic N) is 5. The quantitative estimate of drug-likeness (QED) is 0.760. The van der Waals surface area contributed by atoms with E-state index >= 15 is 0 Å². The minimum atomic E-state index is -0.0644. The molecule has 0 radical (unpaired) electrons. The maximum absolute atomic E-state index is 12.2. The van der Waals surface area contributed by atoms with Crippen LogP contribution in [0.1, 0.15) is 21.3 Å². The fourth-order valence-corrected chi connectivity index (χ4v) is 4.12. The highest BCUT2D eigenvalue weighted by atomic mass is 32.1. The minimum absolute atomic E-state index is 0.0644. The Labute approximate surface area is 142 Å². The topological polar surface area (TPSA) is 75.9 Å². The summed E-state index contributed by atoms with van der Waals surface area (Å²) in [5.41, 5.74) is 0. The van der Waals surface area contributed by atoms with Crippen LogP contribution in [0.4, 0.5) is 5.13 Å². The molecule has 3 heterocycles. The molecule has 0 aliphatic rings. The molecule has 0 bridgehead atoms. The third kappa shape index (κ3) is 3.20. The Morgan fingerprint density at radius 1 is 1.35 bits per heavy atom. The summed E-state index contributed by atoms with van der Waals surface area (Å²) >= 11 is 3.02. The number of carbonyl (C=O) groups is 1. The number of carbonyl (C=O) groups excluding carboxylic acids is 1. The van der Waals surface area contributed by atoms with E-state index in [1.165, 1.54) is 11.3 Å². The molecule has 7 nitrogen and oxygen atoms in total. The van der Waals surface area contributed by atoms with E-state index in [2.05, 4.69) is 20.5 Å². The van der Waals surface area contributed by atoms with Crippen molar-refractivity contribution in [2.24, 2.45) is 7.05 Å². The highest BCUT2D eigenvalue weighted by molar-refractivity contribution is 7.29. The predicted molar refractivity (Wildman–Crippen MR) is 93.6 cm³/mol. The second-order valence-electron chi connectivity index (χ2n) is 5.40. The van der Waals surface area contributed by atoms with Gasteiger partial charge < -0.3 is 14.8 Å². The van der Waals surface area contributed by atoms with Crippen LogP contribution in [0.3, 0.4) is 0 Å². The standard InChI is InChI=1S/C14H18N6OS2/c1-8-17-18-11(20(8)4)5-6-15-12(21)9-7-10-13(22-9)16-14(23-10)19(2)3/h7H,5-6H2,1-4H3,(H,15,21). The van der Waals surface area contributed by atoms with Gasteiger partial charge in [-0.05, 0) is 13.0 Å². The second-order valence-corrected chi connectivity index (χ2v) is 7.44. The van der Waals surface area contributed by atoms with Crippen LogP contribution in [0.25, 0.3) is 9.53 Å². The lowest BCUT2D eigenvalue weighted by molar-refractivity contribution is 0.0958.